The van der Waals surface area contributed by atoms with Gasteiger partial charge in [0.1, 0.15) is 0 Å². The number of likely N-dealkylation sites (N-methyl/N-ethyl adjacent to an activating group) is 1. The van der Waals surface area contributed by atoms with Gasteiger partial charge in [0.05, 0.1) is 0 Å². The predicted molar refractivity (Wildman–Crippen MR) is 57.6 cm³/mol. The molecule has 0 fully saturated rings. The Bertz CT molecular complexity index is 187. The van der Waals surface area contributed by atoms with Gasteiger partial charge in [-0.2, -0.15) is 0 Å². The van der Waals surface area contributed by atoms with Crippen LogP contribution in [-0.4, -0.2) is 40.8 Å². The average Bonchev–Trinajstić information content (AvgIpc) is 1.97. The molecule has 0 aromatic heterocycles. The summed E-state index contributed by atoms with van der Waals surface area (Å²) in [7, 11) is 0. The Labute approximate surface area is 86.3 Å². The summed E-state index contributed by atoms with van der Waals surface area (Å²) < 4.78 is 0. The normalized spacial score (nSPS) is 13.8. The Kier molecular flexibility index (Phi) is 4.91. The van der Waals surface area contributed by atoms with Gasteiger partial charge in [0.15, 0.2) is 0 Å². The molecule has 0 aliphatic heterocycles. The van der Waals surface area contributed by atoms with Gasteiger partial charge < -0.3 is 10.4 Å². The largest absolute Gasteiger partial charge is 0.465 e. The maximum atomic E-state index is 11.0. The molecule has 84 valence electrons. The van der Waals surface area contributed by atoms with Crippen molar-refractivity contribution in [3.05, 3.63) is 0 Å². The average molecular weight is 202 g/mol. The zero-order valence-electron chi connectivity index (χ0n) is 9.79. The fourth-order valence-electron chi connectivity index (χ4n) is 1.58. The van der Waals surface area contributed by atoms with Crippen molar-refractivity contribution >= 4 is 6.09 Å². The summed E-state index contributed by atoms with van der Waals surface area (Å²) in [5.41, 5.74) is -0.347. The van der Waals surface area contributed by atoms with E-state index in [-0.39, 0.29) is 11.6 Å². The third kappa shape index (κ3) is 3.96. The number of amides is 1. The smallest absolute Gasteiger partial charge is 0.408 e. The highest BCUT2D eigenvalue weighted by molar-refractivity contribution is 5.66. The van der Waals surface area contributed by atoms with Crippen LogP contribution in [0.2, 0.25) is 0 Å². The summed E-state index contributed by atoms with van der Waals surface area (Å²) in [6, 6.07) is -0.00699. The number of carboxylic acid groups (broad SMARTS) is 1. The summed E-state index contributed by atoms with van der Waals surface area (Å²) in [5, 5.41) is 12.2. The van der Waals surface area contributed by atoms with E-state index in [1.807, 2.05) is 34.6 Å². The fourth-order valence-corrected chi connectivity index (χ4v) is 1.58. The minimum Gasteiger partial charge on any atom is -0.465 e. The first-order valence-electron chi connectivity index (χ1n) is 5.03. The van der Waals surface area contributed by atoms with Gasteiger partial charge in [-0.15, -0.1) is 0 Å². The maximum Gasteiger partial charge on any atom is 0.408 e. The van der Waals surface area contributed by atoms with E-state index in [0.717, 1.165) is 6.54 Å². The molecule has 0 saturated carbocycles. The molecule has 0 aliphatic carbocycles. The minimum absolute atomic E-state index is 0.00699. The third-order valence-electron chi connectivity index (χ3n) is 2.06. The van der Waals surface area contributed by atoms with E-state index in [0.29, 0.717) is 6.54 Å². The van der Waals surface area contributed by atoms with Crippen LogP contribution in [0.5, 0.6) is 0 Å². The lowest BCUT2D eigenvalue weighted by atomic mass is 10.0. The van der Waals surface area contributed by atoms with Crippen molar-refractivity contribution in [1.29, 1.82) is 0 Å². The Morgan fingerprint density at radius 1 is 1.50 bits per heavy atom. The topological polar surface area (TPSA) is 52.6 Å². The summed E-state index contributed by atoms with van der Waals surface area (Å²) in [6.45, 7) is 11.2. The molecule has 0 heterocycles. The molecular formula is C10H22N2O2. The monoisotopic (exact) mass is 202 g/mol. The third-order valence-corrected chi connectivity index (χ3v) is 2.06. The minimum atomic E-state index is -0.858. The SMILES string of the molecule is CCNC[C@@H](C)N(C(=O)O)C(C)(C)C. The highest BCUT2D eigenvalue weighted by atomic mass is 16.4. The number of rotatable bonds is 4. The number of hydrogen-bond donors (Lipinski definition) is 2. The van der Waals surface area contributed by atoms with Gasteiger partial charge in [-0.05, 0) is 34.2 Å². The van der Waals surface area contributed by atoms with Gasteiger partial charge in [-0.1, -0.05) is 6.92 Å². The molecule has 0 aromatic carbocycles. The molecule has 0 bridgehead atoms. The molecule has 4 nitrogen and oxygen atoms in total. The number of hydrogen-bond acceptors (Lipinski definition) is 2. The highest BCUT2D eigenvalue weighted by Gasteiger charge is 2.30. The van der Waals surface area contributed by atoms with Crippen LogP contribution in [0.3, 0.4) is 0 Å². The Balaban J connectivity index is 4.42. The molecule has 0 unspecified atom stereocenters. The molecule has 1 amide bonds. The van der Waals surface area contributed by atoms with Crippen LogP contribution in [0.1, 0.15) is 34.6 Å². The van der Waals surface area contributed by atoms with Crippen molar-refractivity contribution in [1.82, 2.24) is 10.2 Å². The first-order valence-corrected chi connectivity index (χ1v) is 5.03. The second-order valence-corrected chi connectivity index (χ2v) is 4.48. The van der Waals surface area contributed by atoms with E-state index >= 15 is 0 Å². The van der Waals surface area contributed by atoms with E-state index < -0.39 is 6.09 Å². The fraction of sp³-hybridized carbons (Fsp3) is 0.900. The van der Waals surface area contributed by atoms with Crippen LogP contribution in [0.15, 0.2) is 0 Å². The van der Waals surface area contributed by atoms with Crippen molar-refractivity contribution < 1.29 is 9.90 Å². The summed E-state index contributed by atoms with van der Waals surface area (Å²) in [6.07, 6.45) is -0.858. The van der Waals surface area contributed by atoms with Gasteiger partial charge >= 0.3 is 6.09 Å². The van der Waals surface area contributed by atoms with Gasteiger partial charge in [-0.3, -0.25) is 4.90 Å². The quantitative estimate of drug-likeness (QED) is 0.730. The lowest BCUT2D eigenvalue weighted by Gasteiger charge is -2.38. The molecule has 0 radical (unpaired) electrons. The molecule has 0 aliphatic rings. The van der Waals surface area contributed by atoms with Crippen LogP contribution in [0.25, 0.3) is 0 Å². The first-order chi connectivity index (χ1) is 6.30. The Hall–Kier alpha value is -0.770. The molecule has 2 N–H and O–H groups in total. The Morgan fingerprint density at radius 2 is 2.00 bits per heavy atom. The lowest BCUT2D eigenvalue weighted by molar-refractivity contribution is 0.0754. The summed E-state index contributed by atoms with van der Waals surface area (Å²) in [5.74, 6) is 0. The lowest BCUT2D eigenvalue weighted by Crippen LogP contribution is -2.53. The zero-order chi connectivity index (χ0) is 11.4. The van der Waals surface area contributed by atoms with Crippen LogP contribution in [-0.2, 0) is 0 Å². The molecule has 0 aromatic rings. The van der Waals surface area contributed by atoms with Gasteiger partial charge in [-0.25, -0.2) is 4.79 Å². The van der Waals surface area contributed by atoms with Crippen molar-refractivity contribution in [2.45, 2.75) is 46.2 Å². The van der Waals surface area contributed by atoms with Crippen molar-refractivity contribution in [2.24, 2.45) is 0 Å². The van der Waals surface area contributed by atoms with E-state index in [9.17, 15) is 4.79 Å². The van der Waals surface area contributed by atoms with Gasteiger partial charge in [0, 0.05) is 18.1 Å². The standard InChI is InChI=1S/C10H22N2O2/c1-6-11-7-8(2)12(9(13)14)10(3,4)5/h8,11H,6-7H2,1-5H3,(H,13,14)/t8-/m1/s1. The molecule has 0 saturated heterocycles. The van der Waals surface area contributed by atoms with Crippen LogP contribution >= 0.6 is 0 Å². The van der Waals surface area contributed by atoms with Crippen molar-refractivity contribution in [3.8, 4) is 0 Å². The molecule has 0 rings (SSSR count). The molecule has 1 atom stereocenters. The van der Waals surface area contributed by atoms with E-state index in [1.165, 1.54) is 4.90 Å². The number of nitrogens with one attached hydrogen (secondary N) is 1. The predicted octanol–water partition coefficient (Wildman–Crippen LogP) is 1.76. The highest BCUT2D eigenvalue weighted by Crippen LogP contribution is 2.16. The summed E-state index contributed by atoms with van der Waals surface area (Å²) >= 11 is 0. The Morgan fingerprint density at radius 3 is 2.29 bits per heavy atom. The van der Waals surface area contributed by atoms with Crippen molar-refractivity contribution in [3.63, 3.8) is 0 Å². The summed E-state index contributed by atoms with van der Waals surface area (Å²) in [4.78, 5) is 12.5. The molecule has 14 heavy (non-hydrogen) atoms. The zero-order valence-corrected chi connectivity index (χ0v) is 9.79. The molecular weight excluding hydrogens is 180 g/mol. The van der Waals surface area contributed by atoms with Gasteiger partial charge in [0.2, 0.25) is 0 Å². The molecule has 0 spiro atoms. The van der Waals surface area contributed by atoms with Crippen LogP contribution < -0.4 is 5.32 Å². The molecule has 4 heteroatoms. The van der Waals surface area contributed by atoms with Crippen LogP contribution in [0, 0.1) is 0 Å². The number of nitrogens with zero attached hydrogens (tertiary/aromatic N) is 1. The number of carbonyl (C=O) groups is 1. The van der Waals surface area contributed by atoms with E-state index in [2.05, 4.69) is 5.32 Å². The van der Waals surface area contributed by atoms with E-state index in [4.69, 9.17) is 5.11 Å². The second kappa shape index (κ2) is 5.20. The van der Waals surface area contributed by atoms with Gasteiger partial charge in [0.25, 0.3) is 0 Å². The second-order valence-electron chi connectivity index (χ2n) is 4.48. The van der Waals surface area contributed by atoms with Crippen LogP contribution in [0.4, 0.5) is 4.79 Å². The van der Waals surface area contributed by atoms with E-state index in [1.54, 1.807) is 0 Å². The maximum absolute atomic E-state index is 11.0. The van der Waals surface area contributed by atoms with Crippen molar-refractivity contribution in [2.75, 3.05) is 13.1 Å². The first kappa shape index (κ1) is 13.2.